The van der Waals surface area contributed by atoms with Crippen molar-refractivity contribution >= 4 is 40.1 Å². The van der Waals surface area contributed by atoms with Crippen LogP contribution in [0, 0.1) is 0 Å². The van der Waals surface area contributed by atoms with Gasteiger partial charge in [0.2, 0.25) is 11.0 Å². The summed E-state index contributed by atoms with van der Waals surface area (Å²) >= 11 is 2.38. The van der Waals surface area contributed by atoms with Crippen molar-refractivity contribution in [2.75, 3.05) is 17.7 Å². The van der Waals surface area contributed by atoms with E-state index in [0.717, 1.165) is 0 Å². The third-order valence-corrected chi connectivity index (χ3v) is 5.16. The van der Waals surface area contributed by atoms with Gasteiger partial charge in [-0.25, -0.2) is 4.98 Å². The van der Waals surface area contributed by atoms with Gasteiger partial charge in [-0.05, 0) is 25.1 Å². The molecule has 0 unspecified atom stereocenters. The first-order valence-electron chi connectivity index (χ1n) is 8.26. The van der Waals surface area contributed by atoms with E-state index in [1.165, 1.54) is 29.3 Å². The Morgan fingerprint density at radius 2 is 1.96 bits per heavy atom. The molecule has 0 aliphatic heterocycles. The third kappa shape index (κ3) is 5.76. The highest BCUT2D eigenvalue weighted by Gasteiger charge is 2.13. The second-order valence-corrected chi connectivity index (χ2v) is 7.42. The Morgan fingerprint density at radius 1 is 1.14 bits per heavy atom. The number of hydrogen-bond donors (Lipinski definition) is 1. The SMILES string of the molecule is CCOC(=O)CSc1nnc(NC(=O)c2ccc(Oc3ccccc3)nc2)s1. The van der Waals surface area contributed by atoms with Crippen LogP contribution in [-0.4, -0.2) is 39.4 Å². The van der Waals surface area contributed by atoms with Gasteiger partial charge in [0.15, 0.2) is 4.34 Å². The van der Waals surface area contributed by atoms with Crippen LogP contribution in [0.1, 0.15) is 17.3 Å². The number of esters is 1. The summed E-state index contributed by atoms with van der Waals surface area (Å²) in [4.78, 5) is 27.8. The average molecular weight is 416 g/mol. The first-order valence-corrected chi connectivity index (χ1v) is 10.1. The molecule has 3 aromatic rings. The fourth-order valence-corrected chi connectivity index (χ4v) is 3.54. The van der Waals surface area contributed by atoms with Gasteiger partial charge < -0.3 is 9.47 Å². The normalized spacial score (nSPS) is 10.3. The Hall–Kier alpha value is -2.98. The van der Waals surface area contributed by atoms with Crippen LogP contribution < -0.4 is 10.1 Å². The van der Waals surface area contributed by atoms with Gasteiger partial charge in [-0.1, -0.05) is 41.3 Å². The van der Waals surface area contributed by atoms with Gasteiger partial charge >= 0.3 is 5.97 Å². The van der Waals surface area contributed by atoms with Crippen molar-refractivity contribution in [1.29, 1.82) is 0 Å². The number of carbonyl (C=O) groups excluding carboxylic acids is 2. The number of nitrogens with one attached hydrogen (secondary N) is 1. The highest BCUT2D eigenvalue weighted by molar-refractivity contribution is 8.01. The molecule has 0 radical (unpaired) electrons. The minimum absolute atomic E-state index is 0.142. The Morgan fingerprint density at radius 3 is 2.68 bits per heavy atom. The lowest BCUT2D eigenvalue weighted by atomic mass is 10.3. The second-order valence-electron chi connectivity index (χ2n) is 5.22. The van der Waals surface area contributed by atoms with Crippen molar-refractivity contribution in [2.45, 2.75) is 11.3 Å². The van der Waals surface area contributed by atoms with Crippen molar-refractivity contribution < 1.29 is 19.1 Å². The minimum Gasteiger partial charge on any atom is -0.465 e. The first-order chi connectivity index (χ1) is 13.6. The number of amides is 1. The predicted octanol–water partition coefficient (Wildman–Crippen LogP) is 3.63. The van der Waals surface area contributed by atoms with Crippen molar-refractivity contribution in [2.24, 2.45) is 0 Å². The lowest BCUT2D eigenvalue weighted by Crippen LogP contribution is -2.12. The van der Waals surface area contributed by atoms with Gasteiger partial charge in [0.05, 0.1) is 17.9 Å². The largest absolute Gasteiger partial charge is 0.465 e. The van der Waals surface area contributed by atoms with Gasteiger partial charge in [0, 0.05) is 12.3 Å². The Balaban J connectivity index is 1.54. The zero-order valence-corrected chi connectivity index (χ0v) is 16.5. The Kier molecular flexibility index (Phi) is 6.93. The number of anilines is 1. The number of ether oxygens (including phenoxy) is 2. The molecule has 10 heteroatoms. The van der Waals surface area contributed by atoms with Gasteiger partial charge in [0.1, 0.15) is 5.75 Å². The molecule has 8 nitrogen and oxygen atoms in total. The van der Waals surface area contributed by atoms with E-state index in [1.54, 1.807) is 19.1 Å². The van der Waals surface area contributed by atoms with Crippen LogP contribution in [0.15, 0.2) is 53.0 Å². The van der Waals surface area contributed by atoms with E-state index in [-0.39, 0.29) is 17.6 Å². The molecule has 0 aliphatic rings. The average Bonchev–Trinajstić information content (AvgIpc) is 3.15. The molecule has 2 heterocycles. The smallest absolute Gasteiger partial charge is 0.316 e. The molecule has 1 aromatic carbocycles. The summed E-state index contributed by atoms with van der Waals surface area (Å²) in [5.74, 6) is 0.502. The molecular weight excluding hydrogens is 400 g/mol. The fourth-order valence-electron chi connectivity index (χ4n) is 2.00. The van der Waals surface area contributed by atoms with Crippen LogP contribution in [0.2, 0.25) is 0 Å². The summed E-state index contributed by atoms with van der Waals surface area (Å²) in [5.41, 5.74) is 0.358. The van der Waals surface area contributed by atoms with Crippen LogP contribution in [0.4, 0.5) is 5.13 Å². The summed E-state index contributed by atoms with van der Waals surface area (Å²) < 4.78 is 11.0. The molecule has 0 fully saturated rings. The monoisotopic (exact) mass is 416 g/mol. The number of carbonyl (C=O) groups is 2. The molecule has 144 valence electrons. The van der Waals surface area contributed by atoms with E-state index in [0.29, 0.717) is 33.3 Å². The minimum atomic E-state index is -0.364. The highest BCUT2D eigenvalue weighted by Crippen LogP contribution is 2.26. The van der Waals surface area contributed by atoms with Gasteiger partial charge in [0.25, 0.3) is 5.91 Å². The van der Waals surface area contributed by atoms with Gasteiger partial charge in [-0.3, -0.25) is 14.9 Å². The van der Waals surface area contributed by atoms with Crippen molar-refractivity contribution in [3.8, 4) is 11.6 Å². The van der Waals surface area contributed by atoms with E-state index >= 15 is 0 Å². The molecule has 1 amide bonds. The number of hydrogen-bond acceptors (Lipinski definition) is 9. The standard InChI is InChI=1S/C18H16N4O4S2/c1-2-25-15(23)11-27-18-22-21-17(28-18)20-16(24)12-8-9-14(19-10-12)26-13-6-4-3-5-7-13/h3-10H,2,11H2,1H3,(H,20,21,24). The quantitative estimate of drug-likeness (QED) is 0.337. The molecule has 3 rings (SSSR count). The molecule has 28 heavy (non-hydrogen) atoms. The molecule has 0 saturated carbocycles. The zero-order valence-electron chi connectivity index (χ0n) is 14.8. The molecule has 0 spiro atoms. The zero-order chi connectivity index (χ0) is 19.8. The number of nitrogens with zero attached hydrogens (tertiary/aromatic N) is 3. The maximum Gasteiger partial charge on any atom is 0.316 e. The molecular formula is C18H16N4O4S2. The van der Waals surface area contributed by atoms with E-state index < -0.39 is 0 Å². The van der Waals surface area contributed by atoms with Gasteiger partial charge in [-0.15, -0.1) is 10.2 Å². The number of pyridine rings is 1. The van der Waals surface area contributed by atoms with Crippen LogP contribution in [0.5, 0.6) is 11.6 Å². The Bertz CT molecular complexity index is 932. The van der Waals surface area contributed by atoms with Crippen molar-refractivity contribution in [3.05, 3.63) is 54.2 Å². The summed E-state index contributed by atoms with van der Waals surface area (Å²) in [6.07, 6.45) is 1.42. The van der Waals surface area contributed by atoms with Crippen LogP contribution in [0.3, 0.4) is 0 Å². The molecule has 2 aromatic heterocycles. The van der Waals surface area contributed by atoms with Crippen molar-refractivity contribution in [1.82, 2.24) is 15.2 Å². The third-order valence-electron chi connectivity index (χ3n) is 3.21. The number of thioether (sulfide) groups is 1. The summed E-state index contributed by atoms with van der Waals surface area (Å²) in [6, 6.07) is 12.5. The molecule has 0 atom stereocenters. The first kappa shape index (κ1) is 19.8. The predicted molar refractivity (Wildman–Crippen MR) is 106 cm³/mol. The maximum absolute atomic E-state index is 12.3. The number of benzene rings is 1. The van der Waals surface area contributed by atoms with Gasteiger partial charge in [-0.2, -0.15) is 0 Å². The highest BCUT2D eigenvalue weighted by atomic mass is 32.2. The lowest BCUT2D eigenvalue weighted by molar-refractivity contribution is -0.139. The maximum atomic E-state index is 12.3. The lowest BCUT2D eigenvalue weighted by Gasteiger charge is -2.05. The van der Waals surface area contributed by atoms with Crippen LogP contribution in [-0.2, 0) is 9.53 Å². The molecule has 0 saturated heterocycles. The fraction of sp³-hybridized carbons (Fsp3) is 0.167. The number of para-hydroxylation sites is 1. The topological polar surface area (TPSA) is 103 Å². The number of aromatic nitrogens is 3. The second kappa shape index (κ2) is 9.81. The Labute approximate surface area is 169 Å². The van der Waals surface area contributed by atoms with Crippen molar-refractivity contribution in [3.63, 3.8) is 0 Å². The number of rotatable bonds is 8. The molecule has 0 bridgehead atoms. The molecule has 1 N–H and O–H groups in total. The summed E-state index contributed by atoms with van der Waals surface area (Å²) in [5, 5.41) is 10.8. The van der Waals surface area contributed by atoms with Crippen LogP contribution in [0.25, 0.3) is 0 Å². The summed E-state index contributed by atoms with van der Waals surface area (Å²) in [6.45, 7) is 2.08. The van der Waals surface area contributed by atoms with E-state index in [2.05, 4.69) is 20.5 Å². The van der Waals surface area contributed by atoms with E-state index in [1.807, 2.05) is 30.3 Å². The molecule has 0 aliphatic carbocycles. The van der Waals surface area contributed by atoms with E-state index in [9.17, 15) is 9.59 Å². The summed E-state index contributed by atoms with van der Waals surface area (Å²) in [7, 11) is 0. The van der Waals surface area contributed by atoms with Crippen LogP contribution >= 0.6 is 23.1 Å². The van der Waals surface area contributed by atoms with E-state index in [4.69, 9.17) is 9.47 Å².